The Bertz CT molecular complexity index is 736. The lowest BCUT2D eigenvalue weighted by Crippen LogP contribution is -2.50. The van der Waals surface area contributed by atoms with Gasteiger partial charge in [-0.1, -0.05) is 23.4 Å². The van der Waals surface area contributed by atoms with Crippen molar-refractivity contribution in [1.29, 1.82) is 0 Å². The first-order chi connectivity index (χ1) is 12.9. The smallest absolute Gasteiger partial charge is 0.478 e. The maximum atomic E-state index is 12.6. The Balaban J connectivity index is 2.07. The van der Waals surface area contributed by atoms with Crippen LogP contribution in [0.5, 0.6) is 0 Å². The van der Waals surface area contributed by atoms with Crippen molar-refractivity contribution in [2.75, 3.05) is 6.61 Å². The number of nitrogens with one attached hydrogen (secondary N) is 1. The summed E-state index contributed by atoms with van der Waals surface area (Å²) in [4.78, 5) is 39.0. The molecular weight excluding hydrogens is 379 g/mol. The summed E-state index contributed by atoms with van der Waals surface area (Å²) in [7, 11) is -1.43. The predicted molar refractivity (Wildman–Crippen MR) is 95.2 cm³/mol. The molecule has 1 aromatic rings. The highest BCUT2D eigenvalue weighted by molar-refractivity contribution is 7.13. The molecule has 0 aromatic carbocycles. The third kappa shape index (κ3) is 6.51. The molecule has 0 saturated heterocycles. The van der Waals surface area contributed by atoms with Gasteiger partial charge in [0, 0.05) is 0 Å². The lowest BCUT2D eigenvalue weighted by molar-refractivity contribution is -0.142. The molecule has 1 amide bonds. The molecule has 0 spiro atoms. The Morgan fingerprint density at radius 2 is 2.15 bits per heavy atom. The van der Waals surface area contributed by atoms with Crippen LogP contribution in [0.25, 0.3) is 0 Å². The first-order valence-corrected chi connectivity index (χ1v) is 8.73. The van der Waals surface area contributed by atoms with Crippen molar-refractivity contribution < 1.29 is 39.1 Å². The molecule has 2 atom stereocenters. The topological polar surface area (TPSA) is 155 Å². The maximum absolute atomic E-state index is 12.6. The van der Waals surface area contributed by atoms with E-state index in [4.69, 9.17) is 14.9 Å². The number of carboxylic acids is 2. The fourth-order valence-corrected chi connectivity index (χ4v) is 2.93. The lowest BCUT2D eigenvalue weighted by Gasteiger charge is -2.20. The number of rotatable bonds is 8. The van der Waals surface area contributed by atoms with Crippen LogP contribution >= 0.6 is 11.3 Å². The van der Waals surface area contributed by atoms with Gasteiger partial charge >= 0.3 is 19.1 Å². The zero-order chi connectivity index (χ0) is 19.8. The normalized spacial score (nSPS) is 20.0. The highest BCUT2D eigenvalue weighted by Gasteiger charge is 2.33. The molecule has 1 aliphatic heterocycles. The Hall–Kier alpha value is -2.70. The van der Waals surface area contributed by atoms with Crippen LogP contribution in [-0.2, 0) is 23.9 Å². The van der Waals surface area contributed by atoms with Crippen molar-refractivity contribution in [3.63, 3.8) is 0 Å². The number of hydrogen-bond donors (Lipinski definition) is 4. The van der Waals surface area contributed by atoms with E-state index < -0.39 is 43.6 Å². The average molecular weight is 396 g/mol. The summed E-state index contributed by atoms with van der Waals surface area (Å²) in [6.45, 7) is -0.711. The van der Waals surface area contributed by atoms with Crippen molar-refractivity contribution in [3.8, 4) is 0 Å². The molecule has 2 rings (SSSR count). The van der Waals surface area contributed by atoms with Crippen LogP contribution in [0.4, 0.5) is 0 Å². The zero-order valence-electron chi connectivity index (χ0n) is 14.0. The van der Waals surface area contributed by atoms with Gasteiger partial charge in [0.1, 0.15) is 0 Å². The molecule has 0 aliphatic carbocycles. The van der Waals surface area contributed by atoms with Gasteiger partial charge in [-0.2, -0.15) is 0 Å². The van der Waals surface area contributed by atoms with E-state index in [0.29, 0.717) is 4.88 Å². The Morgan fingerprint density at radius 1 is 1.37 bits per heavy atom. The summed E-state index contributed by atoms with van der Waals surface area (Å²) >= 11 is 1.20. The van der Waals surface area contributed by atoms with Crippen LogP contribution in [0.1, 0.15) is 17.7 Å². The van der Waals surface area contributed by atoms with Crippen LogP contribution in [0.3, 0.4) is 0 Å². The number of thiophene rings is 1. The van der Waals surface area contributed by atoms with Gasteiger partial charge in [0.15, 0.2) is 5.71 Å². The van der Waals surface area contributed by atoms with E-state index in [-0.39, 0.29) is 18.6 Å². The molecular formula is C15H17BN2O8S. The molecule has 12 heteroatoms. The van der Waals surface area contributed by atoms with Crippen molar-refractivity contribution in [2.24, 2.45) is 5.16 Å². The fraction of sp³-hybridized carbons (Fsp3) is 0.333. The number of carbonyl (C=O) groups is 3. The molecule has 2 heterocycles. The van der Waals surface area contributed by atoms with Crippen LogP contribution < -0.4 is 5.32 Å². The summed E-state index contributed by atoms with van der Waals surface area (Å²) in [6, 6.07) is 3.29. The number of hydrogen-bond acceptors (Lipinski definition) is 8. The monoisotopic (exact) mass is 396 g/mol. The standard InChI is InChI=1S/C15H17BN2O8S/c19-12(20)7-9-3-1-5-11(16(24)26-9)17-15(23)14(10-4-2-6-27-10)18-25-8-13(21)22/h1-4,6,9,11,24H,5,7-8H2,(H,17,23)(H,19,20)(H,21,22). The number of aliphatic carboxylic acids is 2. The summed E-state index contributed by atoms with van der Waals surface area (Å²) in [6.07, 6.45) is 2.19. The van der Waals surface area contributed by atoms with Gasteiger partial charge in [0.05, 0.1) is 23.3 Å². The van der Waals surface area contributed by atoms with Crippen LogP contribution in [0, 0.1) is 0 Å². The first kappa shape index (κ1) is 20.6. The molecule has 1 aliphatic rings. The van der Waals surface area contributed by atoms with E-state index in [0.717, 1.165) is 0 Å². The van der Waals surface area contributed by atoms with Crippen molar-refractivity contribution in [3.05, 3.63) is 34.5 Å². The maximum Gasteiger partial charge on any atom is 0.478 e. The van der Waals surface area contributed by atoms with E-state index in [1.54, 1.807) is 23.6 Å². The summed E-state index contributed by atoms with van der Waals surface area (Å²) in [5.74, 6) is -3.87. The Morgan fingerprint density at radius 3 is 2.78 bits per heavy atom. The summed E-state index contributed by atoms with van der Waals surface area (Å²) in [5.41, 5.74) is -0.145. The molecule has 0 saturated carbocycles. The Labute approximate surface area is 158 Å². The number of oxime groups is 1. The minimum atomic E-state index is -1.43. The minimum Gasteiger partial charge on any atom is -0.481 e. The third-order valence-electron chi connectivity index (χ3n) is 3.40. The van der Waals surface area contributed by atoms with Gasteiger partial charge in [-0.05, 0) is 17.9 Å². The second-order valence-electron chi connectivity index (χ2n) is 5.49. The average Bonchev–Trinajstić information content (AvgIpc) is 3.05. The van der Waals surface area contributed by atoms with E-state index in [1.165, 1.54) is 17.4 Å². The van der Waals surface area contributed by atoms with E-state index >= 15 is 0 Å². The largest absolute Gasteiger partial charge is 0.481 e. The lowest BCUT2D eigenvalue weighted by atomic mass is 9.77. The molecule has 0 radical (unpaired) electrons. The highest BCUT2D eigenvalue weighted by atomic mass is 32.1. The molecule has 10 nitrogen and oxygen atoms in total. The van der Waals surface area contributed by atoms with Gasteiger partial charge in [-0.15, -0.1) is 11.3 Å². The van der Waals surface area contributed by atoms with Crippen LogP contribution in [0.2, 0.25) is 0 Å². The molecule has 27 heavy (non-hydrogen) atoms. The third-order valence-corrected chi connectivity index (χ3v) is 4.28. The second kappa shape index (κ2) is 9.85. The number of carboxylic acid groups (broad SMARTS) is 2. The number of amides is 1. The fourth-order valence-electron chi connectivity index (χ4n) is 2.23. The van der Waals surface area contributed by atoms with Crippen molar-refractivity contribution in [1.82, 2.24) is 5.32 Å². The molecule has 4 N–H and O–H groups in total. The minimum absolute atomic E-state index is 0.145. The number of carbonyl (C=O) groups excluding carboxylic acids is 1. The van der Waals surface area contributed by atoms with Crippen molar-refractivity contribution >= 4 is 42.0 Å². The van der Waals surface area contributed by atoms with Gasteiger partial charge in [0.2, 0.25) is 6.61 Å². The highest BCUT2D eigenvalue weighted by Crippen LogP contribution is 2.14. The van der Waals surface area contributed by atoms with Crippen molar-refractivity contribution in [2.45, 2.75) is 24.9 Å². The van der Waals surface area contributed by atoms with Crippen LogP contribution in [0.15, 0.2) is 34.8 Å². The SMILES string of the molecule is O=C(O)CON=C(C(=O)NC1CC=CC(CC(=O)O)OB1O)c1cccs1. The Kier molecular flexibility index (Phi) is 7.52. The quantitative estimate of drug-likeness (QED) is 0.205. The van der Waals surface area contributed by atoms with Gasteiger partial charge in [-0.3, -0.25) is 9.59 Å². The molecule has 2 unspecified atom stereocenters. The first-order valence-electron chi connectivity index (χ1n) is 7.85. The zero-order valence-corrected chi connectivity index (χ0v) is 14.8. The predicted octanol–water partition coefficient (Wildman–Crippen LogP) is -0.122. The second-order valence-corrected chi connectivity index (χ2v) is 6.44. The van der Waals surface area contributed by atoms with Gasteiger partial charge in [0.25, 0.3) is 5.91 Å². The molecule has 1 aromatic heterocycles. The summed E-state index contributed by atoms with van der Waals surface area (Å²) < 4.78 is 5.25. The molecule has 0 fully saturated rings. The van der Waals surface area contributed by atoms with Crippen LogP contribution in [-0.4, -0.2) is 64.6 Å². The molecule has 0 bridgehead atoms. The number of nitrogens with zero attached hydrogens (tertiary/aromatic N) is 1. The van der Waals surface area contributed by atoms with Gasteiger partial charge < -0.3 is 30.0 Å². The summed E-state index contributed by atoms with van der Waals surface area (Å²) in [5, 5.41) is 35.4. The van der Waals surface area contributed by atoms with E-state index in [1.807, 2.05) is 0 Å². The van der Waals surface area contributed by atoms with Gasteiger partial charge in [-0.25, -0.2) is 4.79 Å². The van der Waals surface area contributed by atoms with E-state index in [2.05, 4.69) is 15.3 Å². The van der Waals surface area contributed by atoms with E-state index in [9.17, 15) is 19.4 Å². The molecule has 144 valence electrons.